The summed E-state index contributed by atoms with van der Waals surface area (Å²) in [6.45, 7) is 5.75. The fourth-order valence-electron chi connectivity index (χ4n) is 6.48. The first-order valence-electron chi connectivity index (χ1n) is 12.7. The average Bonchev–Trinajstić information content (AvgIpc) is 2.85. The van der Waals surface area contributed by atoms with E-state index in [2.05, 4.69) is 18.7 Å². The highest BCUT2D eigenvalue weighted by Gasteiger charge is 2.33. The van der Waals surface area contributed by atoms with Gasteiger partial charge in [-0.2, -0.15) is 4.39 Å². The first-order valence-corrected chi connectivity index (χ1v) is 12.7. The summed E-state index contributed by atoms with van der Waals surface area (Å²) in [4.78, 5) is 0. The van der Waals surface area contributed by atoms with Gasteiger partial charge < -0.3 is 4.74 Å². The third-order valence-corrected chi connectivity index (χ3v) is 8.48. The molecule has 0 heterocycles. The molecule has 0 N–H and O–H groups in total. The minimum absolute atomic E-state index is 0.0617. The Morgan fingerprint density at radius 1 is 0.844 bits per heavy atom. The summed E-state index contributed by atoms with van der Waals surface area (Å²) in [6, 6.07) is 3.19. The summed E-state index contributed by atoms with van der Waals surface area (Å²) < 4.78 is 34.2. The van der Waals surface area contributed by atoms with Crippen LogP contribution in [0.5, 0.6) is 5.75 Å². The largest absolute Gasteiger partial charge is 0.462 e. The molecule has 2 fully saturated rings. The number of halogens is 2. The zero-order valence-corrected chi connectivity index (χ0v) is 19.5. The molecular formula is C29H38F2O. The molecule has 0 amide bonds. The lowest BCUT2D eigenvalue weighted by molar-refractivity contribution is 0.128. The van der Waals surface area contributed by atoms with E-state index in [9.17, 15) is 8.78 Å². The first-order chi connectivity index (χ1) is 15.6. The van der Waals surface area contributed by atoms with E-state index >= 15 is 0 Å². The fraction of sp³-hybridized carbons (Fsp3) is 0.586. The molecular weight excluding hydrogens is 402 g/mol. The van der Waals surface area contributed by atoms with Crippen LogP contribution in [0.4, 0.5) is 8.78 Å². The second-order valence-electron chi connectivity index (χ2n) is 10.2. The van der Waals surface area contributed by atoms with Crippen molar-refractivity contribution in [1.29, 1.82) is 0 Å². The Balaban J connectivity index is 1.31. The lowest BCUT2D eigenvalue weighted by Crippen LogP contribution is -2.28. The average molecular weight is 441 g/mol. The Labute approximate surface area is 192 Å². The normalized spacial score (nSPS) is 31.3. The van der Waals surface area contributed by atoms with E-state index in [0.717, 1.165) is 48.5 Å². The summed E-state index contributed by atoms with van der Waals surface area (Å²) in [5, 5.41) is 0. The Bertz CT molecular complexity index is 839. The maximum absolute atomic E-state index is 14.7. The minimum Gasteiger partial charge on any atom is -0.462 e. The summed E-state index contributed by atoms with van der Waals surface area (Å²) in [5.74, 6) is 2.35. The molecule has 0 aliphatic heterocycles. The van der Waals surface area contributed by atoms with E-state index in [1.165, 1.54) is 63.7 Å². The van der Waals surface area contributed by atoms with Crippen molar-refractivity contribution in [3.8, 4) is 5.75 Å². The van der Waals surface area contributed by atoms with Crippen LogP contribution < -0.4 is 4.74 Å². The number of allylic oxidation sites excluding steroid dienone is 4. The quantitative estimate of drug-likeness (QED) is 0.317. The van der Waals surface area contributed by atoms with Crippen molar-refractivity contribution in [3.63, 3.8) is 0 Å². The van der Waals surface area contributed by atoms with Gasteiger partial charge in [-0.3, -0.25) is 0 Å². The molecule has 0 radical (unpaired) electrons. The highest BCUT2D eigenvalue weighted by Crippen LogP contribution is 2.46. The molecule has 0 aromatic heterocycles. The molecule has 1 nitrogen and oxygen atoms in total. The predicted molar refractivity (Wildman–Crippen MR) is 128 cm³/mol. The van der Waals surface area contributed by atoms with Crippen molar-refractivity contribution in [3.05, 3.63) is 60.4 Å². The van der Waals surface area contributed by atoms with Crippen LogP contribution in [0.25, 0.3) is 5.57 Å². The monoisotopic (exact) mass is 440 g/mol. The van der Waals surface area contributed by atoms with Crippen LogP contribution >= 0.6 is 0 Å². The van der Waals surface area contributed by atoms with Crippen LogP contribution in [0.3, 0.4) is 0 Å². The van der Waals surface area contributed by atoms with Crippen molar-refractivity contribution in [2.24, 2.45) is 29.6 Å². The van der Waals surface area contributed by atoms with Gasteiger partial charge >= 0.3 is 0 Å². The predicted octanol–water partition coefficient (Wildman–Crippen LogP) is 8.86. The van der Waals surface area contributed by atoms with Crippen LogP contribution in [0.1, 0.15) is 83.1 Å². The van der Waals surface area contributed by atoms with Gasteiger partial charge in [0.1, 0.15) is 0 Å². The zero-order chi connectivity index (χ0) is 22.5. The third-order valence-electron chi connectivity index (χ3n) is 8.48. The van der Waals surface area contributed by atoms with Gasteiger partial charge in [-0.25, -0.2) is 4.39 Å². The Morgan fingerprint density at radius 2 is 1.47 bits per heavy atom. The summed E-state index contributed by atoms with van der Waals surface area (Å²) >= 11 is 0. The highest BCUT2D eigenvalue weighted by molar-refractivity contribution is 5.67. The van der Waals surface area contributed by atoms with Crippen LogP contribution in [-0.2, 0) is 0 Å². The summed E-state index contributed by atoms with van der Waals surface area (Å²) in [6.07, 6.45) is 21.2. The van der Waals surface area contributed by atoms with E-state index in [1.54, 1.807) is 19.1 Å². The van der Waals surface area contributed by atoms with Gasteiger partial charge in [0.15, 0.2) is 11.6 Å². The second kappa shape index (κ2) is 10.8. The number of rotatable bonds is 6. The first kappa shape index (κ1) is 23.3. The maximum Gasteiger partial charge on any atom is 0.201 e. The molecule has 1 aromatic carbocycles. The van der Waals surface area contributed by atoms with E-state index in [4.69, 9.17) is 4.74 Å². The maximum atomic E-state index is 14.7. The molecule has 2 saturated carbocycles. The number of hydrogen-bond acceptors (Lipinski definition) is 1. The molecule has 3 aliphatic rings. The van der Waals surface area contributed by atoms with Crippen LogP contribution in [0.15, 0.2) is 43.2 Å². The molecule has 0 saturated heterocycles. The molecule has 4 rings (SSSR count). The molecule has 0 spiro atoms. The van der Waals surface area contributed by atoms with E-state index in [1.807, 2.05) is 0 Å². The number of ether oxygens (including phenoxy) is 1. The standard InChI is InChI=1S/C29H38F2O/c1-3-19-32-27-18-17-26(28(30)29(27)31)25-15-13-24(14-16-25)23-11-9-22(10-12-23)21-7-5-20(4-2)6-8-21/h3-4,15,17-24H,2,5-14,16H2,1H3. The van der Waals surface area contributed by atoms with Gasteiger partial charge in [-0.15, -0.1) is 6.58 Å². The van der Waals surface area contributed by atoms with Gasteiger partial charge in [0, 0.05) is 5.56 Å². The molecule has 1 atom stereocenters. The third kappa shape index (κ3) is 5.18. The topological polar surface area (TPSA) is 9.23 Å². The molecule has 32 heavy (non-hydrogen) atoms. The molecule has 1 unspecified atom stereocenters. The van der Waals surface area contributed by atoms with Crippen LogP contribution in [0, 0.1) is 41.2 Å². The van der Waals surface area contributed by atoms with Crippen molar-refractivity contribution in [2.45, 2.75) is 77.6 Å². The molecule has 0 bridgehead atoms. The molecule has 3 heteroatoms. The zero-order valence-electron chi connectivity index (χ0n) is 19.5. The summed E-state index contributed by atoms with van der Waals surface area (Å²) in [7, 11) is 0. The van der Waals surface area contributed by atoms with Crippen molar-refractivity contribution >= 4 is 5.57 Å². The fourth-order valence-corrected chi connectivity index (χ4v) is 6.48. The second-order valence-corrected chi connectivity index (χ2v) is 10.2. The van der Waals surface area contributed by atoms with Gasteiger partial charge in [-0.05, 0) is 125 Å². The van der Waals surface area contributed by atoms with Crippen molar-refractivity contribution in [2.75, 3.05) is 0 Å². The lowest BCUT2D eigenvalue weighted by atomic mass is 9.66. The Hall–Kier alpha value is -1.90. The van der Waals surface area contributed by atoms with E-state index in [0.29, 0.717) is 11.5 Å². The lowest BCUT2D eigenvalue weighted by Gasteiger charge is -2.40. The SMILES string of the molecule is C=CC1CCC(C2CCC(C3CC=C(c4ccc(OC=CC)c(F)c4F)CC3)CC2)CC1. The molecule has 174 valence electrons. The van der Waals surface area contributed by atoms with Gasteiger partial charge in [0.25, 0.3) is 0 Å². The molecule has 3 aliphatic carbocycles. The van der Waals surface area contributed by atoms with Gasteiger partial charge in [0.2, 0.25) is 5.82 Å². The smallest absolute Gasteiger partial charge is 0.201 e. The van der Waals surface area contributed by atoms with E-state index < -0.39 is 11.6 Å². The van der Waals surface area contributed by atoms with E-state index in [-0.39, 0.29) is 5.75 Å². The van der Waals surface area contributed by atoms with Crippen molar-refractivity contribution < 1.29 is 13.5 Å². The number of benzene rings is 1. The number of hydrogen-bond donors (Lipinski definition) is 0. The van der Waals surface area contributed by atoms with Crippen molar-refractivity contribution in [1.82, 2.24) is 0 Å². The van der Waals surface area contributed by atoms with Crippen LogP contribution in [-0.4, -0.2) is 0 Å². The minimum atomic E-state index is -0.899. The van der Waals surface area contributed by atoms with Gasteiger partial charge in [0.05, 0.1) is 6.26 Å². The summed E-state index contributed by atoms with van der Waals surface area (Å²) in [5.41, 5.74) is 1.34. The molecule has 1 aromatic rings. The Kier molecular flexibility index (Phi) is 7.86. The Morgan fingerprint density at radius 3 is 2.03 bits per heavy atom. The van der Waals surface area contributed by atoms with Crippen LogP contribution in [0.2, 0.25) is 0 Å². The highest BCUT2D eigenvalue weighted by atomic mass is 19.2. The van der Waals surface area contributed by atoms with Gasteiger partial charge in [-0.1, -0.05) is 18.2 Å².